The number of hydrogen-bond donors (Lipinski definition) is 1. The fourth-order valence-electron chi connectivity index (χ4n) is 1.99. The van der Waals surface area contributed by atoms with Gasteiger partial charge in [-0.25, -0.2) is 9.97 Å². The molecule has 2 rings (SSSR count). The summed E-state index contributed by atoms with van der Waals surface area (Å²) in [5.41, 5.74) is 6.94. The molecule has 0 saturated heterocycles. The Balaban J connectivity index is 2.21. The summed E-state index contributed by atoms with van der Waals surface area (Å²) in [6.45, 7) is 4.82. The van der Waals surface area contributed by atoms with Crippen molar-refractivity contribution in [2.24, 2.45) is 0 Å². The second-order valence-electron chi connectivity index (χ2n) is 4.58. The molecule has 1 heterocycles. The Morgan fingerprint density at radius 3 is 2.76 bits per heavy atom. The van der Waals surface area contributed by atoms with Crippen molar-refractivity contribution < 1.29 is 4.74 Å². The van der Waals surface area contributed by atoms with Crippen LogP contribution >= 0.6 is 0 Å². The largest absolute Gasteiger partial charge is 0.384 e. The first-order valence-electron chi connectivity index (χ1n) is 6.50. The molecule has 0 aromatic carbocycles. The molecule has 2 N–H and O–H groups in total. The molecule has 1 aliphatic rings. The van der Waals surface area contributed by atoms with Crippen LogP contribution in [0.5, 0.6) is 0 Å². The monoisotopic (exact) mass is 235 g/mol. The first kappa shape index (κ1) is 12.3. The molecule has 17 heavy (non-hydrogen) atoms. The van der Waals surface area contributed by atoms with Crippen molar-refractivity contribution in [2.45, 2.75) is 51.6 Å². The van der Waals surface area contributed by atoms with Gasteiger partial charge in [0.1, 0.15) is 11.9 Å². The van der Waals surface area contributed by atoms with Gasteiger partial charge in [0, 0.05) is 24.3 Å². The summed E-state index contributed by atoms with van der Waals surface area (Å²) in [6.07, 6.45) is 4.44. The van der Waals surface area contributed by atoms with Crippen molar-refractivity contribution >= 4 is 5.82 Å². The maximum absolute atomic E-state index is 5.85. The summed E-state index contributed by atoms with van der Waals surface area (Å²) in [5, 5.41) is 0. The van der Waals surface area contributed by atoms with E-state index in [-0.39, 0.29) is 6.10 Å². The lowest BCUT2D eigenvalue weighted by molar-refractivity contribution is 0.0493. The molecule has 94 valence electrons. The molecule has 0 radical (unpaired) electrons. The summed E-state index contributed by atoms with van der Waals surface area (Å²) in [6, 6.07) is 1.90. The van der Waals surface area contributed by atoms with Crippen LogP contribution < -0.4 is 5.73 Å². The van der Waals surface area contributed by atoms with Crippen molar-refractivity contribution in [2.75, 3.05) is 12.3 Å². The Morgan fingerprint density at radius 1 is 1.41 bits per heavy atom. The molecule has 0 amide bonds. The van der Waals surface area contributed by atoms with Crippen molar-refractivity contribution in [1.82, 2.24) is 9.97 Å². The van der Waals surface area contributed by atoms with Gasteiger partial charge in [-0.05, 0) is 26.2 Å². The average Bonchev–Trinajstić information content (AvgIpc) is 3.12. The van der Waals surface area contributed by atoms with E-state index < -0.39 is 0 Å². The third-order valence-corrected chi connectivity index (χ3v) is 2.99. The number of ether oxygens (including phenoxy) is 1. The van der Waals surface area contributed by atoms with Gasteiger partial charge in [0.2, 0.25) is 0 Å². The highest BCUT2D eigenvalue weighted by Gasteiger charge is 2.27. The number of hydrogen-bond acceptors (Lipinski definition) is 4. The van der Waals surface area contributed by atoms with Gasteiger partial charge in [-0.15, -0.1) is 0 Å². The molecule has 1 aromatic rings. The molecule has 4 nitrogen and oxygen atoms in total. The zero-order valence-corrected chi connectivity index (χ0v) is 10.6. The SMILES string of the molecule is CCCC(OCC)c1nc(N)cc(C2CC2)n1. The van der Waals surface area contributed by atoms with E-state index in [1.54, 1.807) is 0 Å². The molecule has 1 atom stereocenters. The van der Waals surface area contributed by atoms with Crippen LogP contribution in [0.25, 0.3) is 0 Å². The van der Waals surface area contributed by atoms with Crippen LogP contribution in [0.4, 0.5) is 5.82 Å². The standard InChI is InChI=1S/C13H21N3O/c1-3-5-11(17-4-2)13-15-10(9-6-7-9)8-12(14)16-13/h8-9,11H,3-7H2,1-2H3,(H2,14,15,16). The van der Waals surface area contributed by atoms with Crippen LogP contribution in [-0.4, -0.2) is 16.6 Å². The highest BCUT2D eigenvalue weighted by atomic mass is 16.5. The van der Waals surface area contributed by atoms with Crippen LogP contribution in [0.1, 0.15) is 63.1 Å². The Labute approximate surface area is 103 Å². The first-order valence-corrected chi connectivity index (χ1v) is 6.50. The van der Waals surface area contributed by atoms with E-state index in [0.29, 0.717) is 18.3 Å². The maximum Gasteiger partial charge on any atom is 0.159 e. The van der Waals surface area contributed by atoms with Crippen LogP contribution in [0.15, 0.2) is 6.07 Å². The van der Waals surface area contributed by atoms with Gasteiger partial charge in [-0.1, -0.05) is 13.3 Å². The minimum Gasteiger partial charge on any atom is -0.384 e. The van der Waals surface area contributed by atoms with Gasteiger partial charge in [-0.2, -0.15) is 0 Å². The van der Waals surface area contributed by atoms with Gasteiger partial charge >= 0.3 is 0 Å². The number of rotatable bonds is 6. The summed E-state index contributed by atoms with van der Waals surface area (Å²) in [5.74, 6) is 1.93. The van der Waals surface area contributed by atoms with Gasteiger partial charge in [0.05, 0.1) is 0 Å². The van der Waals surface area contributed by atoms with Gasteiger partial charge in [0.25, 0.3) is 0 Å². The lowest BCUT2D eigenvalue weighted by Crippen LogP contribution is -2.11. The highest BCUT2D eigenvalue weighted by molar-refractivity contribution is 5.33. The normalized spacial score (nSPS) is 17.1. The summed E-state index contributed by atoms with van der Waals surface area (Å²) < 4.78 is 5.70. The molecule has 1 unspecified atom stereocenters. The minimum atomic E-state index is -0.00833. The highest BCUT2D eigenvalue weighted by Crippen LogP contribution is 2.39. The molecule has 1 aliphatic carbocycles. The summed E-state index contributed by atoms with van der Waals surface area (Å²) >= 11 is 0. The first-order chi connectivity index (χ1) is 8.24. The molecule has 1 saturated carbocycles. The van der Waals surface area contributed by atoms with Crippen LogP contribution in [-0.2, 0) is 4.74 Å². The smallest absolute Gasteiger partial charge is 0.159 e. The molecule has 1 aromatic heterocycles. The molecule has 0 bridgehead atoms. The van der Waals surface area contributed by atoms with E-state index in [0.717, 1.165) is 24.4 Å². The van der Waals surface area contributed by atoms with Crippen LogP contribution in [0.3, 0.4) is 0 Å². The zero-order valence-electron chi connectivity index (χ0n) is 10.6. The number of nitrogens with zero attached hydrogens (tertiary/aromatic N) is 2. The van der Waals surface area contributed by atoms with E-state index in [1.165, 1.54) is 12.8 Å². The van der Waals surface area contributed by atoms with Crippen molar-refractivity contribution in [1.29, 1.82) is 0 Å². The topological polar surface area (TPSA) is 61.0 Å². The lowest BCUT2D eigenvalue weighted by Gasteiger charge is -2.16. The Kier molecular flexibility index (Phi) is 3.94. The lowest BCUT2D eigenvalue weighted by atomic mass is 10.2. The zero-order chi connectivity index (χ0) is 12.3. The second-order valence-corrected chi connectivity index (χ2v) is 4.58. The predicted octanol–water partition coefficient (Wildman–Crippen LogP) is 2.81. The third-order valence-electron chi connectivity index (χ3n) is 2.99. The van der Waals surface area contributed by atoms with Crippen molar-refractivity contribution in [3.63, 3.8) is 0 Å². The predicted molar refractivity (Wildman–Crippen MR) is 67.7 cm³/mol. The Bertz CT molecular complexity index is 371. The van der Waals surface area contributed by atoms with Gasteiger partial charge in [0.15, 0.2) is 5.82 Å². The van der Waals surface area contributed by atoms with Gasteiger partial charge < -0.3 is 10.5 Å². The number of anilines is 1. The van der Waals surface area contributed by atoms with E-state index >= 15 is 0 Å². The van der Waals surface area contributed by atoms with E-state index in [4.69, 9.17) is 10.5 Å². The molecular weight excluding hydrogens is 214 g/mol. The molecule has 1 fully saturated rings. The Morgan fingerprint density at radius 2 is 2.18 bits per heavy atom. The summed E-state index contributed by atoms with van der Waals surface area (Å²) in [7, 11) is 0. The quantitative estimate of drug-likeness (QED) is 0.823. The van der Waals surface area contributed by atoms with E-state index in [2.05, 4.69) is 16.9 Å². The summed E-state index contributed by atoms with van der Waals surface area (Å²) in [4.78, 5) is 8.94. The fourth-order valence-corrected chi connectivity index (χ4v) is 1.99. The van der Waals surface area contributed by atoms with Crippen LogP contribution in [0, 0.1) is 0 Å². The molecular formula is C13H21N3O. The molecule has 0 aliphatic heterocycles. The average molecular weight is 235 g/mol. The minimum absolute atomic E-state index is 0.00833. The molecule has 0 spiro atoms. The Hall–Kier alpha value is -1.16. The van der Waals surface area contributed by atoms with E-state index in [9.17, 15) is 0 Å². The number of nitrogen functional groups attached to an aromatic ring is 1. The van der Waals surface area contributed by atoms with Crippen molar-refractivity contribution in [3.05, 3.63) is 17.6 Å². The number of nitrogens with two attached hydrogens (primary N) is 1. The fraction of sp³-hybridized carbons (Fsp3) is 0.692. The maximum atomic E-state index is 5.85. The van der Waals surface area contributed by atoms with Crippen molar-refractivity contribution in [3.8, 4) is 0 Å². The number of aromatic nitrogens is 2. The second kappa shape index (κ2) is 5.45. The van der Waals surface area contributed by atoms with Crippen LogP contribution in [0.2, 0.25) is 0 Å². The third kappa shape index (κ3) is 3.16. The van der Waals surface area contributed by atoms with Gasteiger partial charge in [-0.3, -0.25) is 0 Å². The molecule has 4 heteroatoms. The van der Waals surface area contributed by atoms with E-state index in [1.807, 2.05) is 13.0 Å².